The maximum atomic E-state index is 13.5. The Morgan fingerprint density at radius 1 is 1.09 bits per heavy atom. The number of nitrogens with zero attached hydrogens (tertiary/aromatic N) is 4. The van der Waals surface area contributed by atoms with E-state index in [1.807, 2.05) is 48.2 Å². The van der Waals surface area contributed by atoms with Crippen molar-refractivity contribution in [2.75, 3.05) is 31.2 Å². The molecule has 3 aromatic rings. The van der Waals surface area contributed by atoms with Crippen molar-refractivity contribution < 1.29 is 9.53 Å². The minimum absolute atomic E-state index is 0.202. The Hall–Kier alpha value is -3.01. The second-order valence-electron chi connectivity index (χ2n) is 7.82. The van der Waals surface area contributed by atoms with Crippen LogP contribution in [0, 0.1) is 0 Å². The number of rotatable bonds is 4. The van der Waals surface area contributed by atoms with Crippen molar-refractivity contribution in [1.29, 1.82) is 0 Å². The van der Waals surface area contributed by atoms with Crippen molar-refractivity contribution in [3.05, 3.63) is 81.1 Å². The molecule has 2 saturated heterocycles. The van der Waals surface area contributed by atoms with Crippen molar-refractivity contribution >= 4 is 51.7 Å². The van der Waals surface area contributed by atoms with Gasteiger partial charge in [0.2, 0.25) is 0 Å². The number of carbonyl (C=O) groups is 1. The Morgan fingerprint density at radius 3 is 2.58 bits per heavy atom. The van der Waals surface area contributed by atoms with Gasteiger partial charge in [-0.2, -0.15) is 0 Å². The molecule has 2 aliphatic rings. The molecule has 33 heavy (non-hydrogen) atoms. The molecule has 2 aromatic heterocycles. The van der Waals surface area contributed by atoms with Gasteiger partial charge in [-0.25, -0.2) is 4.98 Å². The minimum Gasteiger partial charge on any atom is -0.378 e. The van der Waals surface area contributed by atoms with Gasteiger partial charge in [0.15, 0.2) is 0 Å². The lowest BCUT2D eigenvalue weighted by atomic mass is 10.1. The predicted octanol–water partition coefficient (Wildman–Crippen LogP) is 3.49. The summed E-state index contributed by atoms with van der Waals surface area (Å²) in [6.45, 7) is 4.33. The average Bonchev–Trinajstić information content (AvgIpc) is 3.14. The van der Waals surface area contributed by atoms with Crippen molar-refractivity contribution in [3.8, 4) is 0 Å². The van der Waals surface area contributed by atoms with Gasteiger partial charge in [0.05, 0.1) is 29.7 Å². The smallest absolute Gasteiger partial charge is 0.267 e. The fraction of sp³-hybridized carbons (Fsp3) is 0.250. The third-order valence-electron chi connectivity index (χ3n) is 5.83. The number of carbonyl (C=O) groups excluding carboxylic acids is 1. The van der Waals surface area contributed by atoms with Gasteiger partial charge in [-0.15, -0.1) is 0 Å². The van der Waals surface area contributed by atoms with Gasteiger partial charge in [-0.1, -0.05) is 60.4 Å². The second-order valence-corrected chi connectivity index (χ2v) is 9.50. The lowest BCUT2D eigenvalue weighted by Crippen LogP contribution is -2.38. The molecule has 0 radical (unpaired) electrons. The summed E-state index contributed by atoms with van der Waals surface area (Å²) in [4.78, 5) is 35.7. The van der Waals surface area contributed by atoms with E-state index in [9.17, 15) is 9.59 Å². The number of hydrogen-bond donors (Lipinski definition) is 0. The van der Waals surface area contributed by atoms with Crippen molar-refractivity contribution in [2.24, 2.45) is 0 Å². The number of benzene rings is 1. The van der Waals surface area contributed by atoms with E-state index in [-0.39, 0.29) is 17.5 Å². The van der Waals surface area contributed by atoms with Gasteiger partial charge in [-0.05, 0) is 30.7 Å². The van der Waals surface area contributed by atoms with Crippen LogP contribution < -0.4 is 10.5 Å². The normalized spacial score (nSPS) is 19.0. The van der Waals surface area contributed by atoms with Gasteiger partial charge >= 0.3 is 0 Å². The molecular formula is C24H22N4O3S2. The maximum absolute atomic E-state index is 13.5. The number of morpholine rings is 1. The molecule has 2 aliphatic heterocycles. The van der Waals surface area contributed by atoms with Crippen LogP contribution in [0.25, 0.3) is 11.7 Å². The molecule has 9 heteroatoms. The molecule has 7 nitrogen and oxygen atoms in total. The summed E-state index contributed by atoms with van der Waals surface area (Å²) in [6, 6.07) is 15.0. The number of anilines is 1. The molecule has 168 valence electrons. The first-order valence-corrected chi connectivity index (χ1v) is 11.9. The van der Waals surface area contributed by atoms with Crippen LogP contribution in [-0.4, -0.2) is 50.8 Å². The monoisotopic (exact) mass is 478 g/mol. The minimum atomic E-state index is -0.219. The van der Waals surface area contributed by atoms with Gasteiger partial charge in [0.1, 0.15) is 15.8 Å². The summed E-state index contributed by atoms with van der Waals surface area (Å²) >= 11 is 6.78. The lowest BCUT2D eigenvalue weighted by Gasteiger charge is -2.29. The zero-order chi connectivity index (χ0) is 22.9. The highest BCUT2D eigenvalue weighted by atomic mass is 32.2. The standard InChI is InChI=1S/C24H22N4O3S2/c1-16(17-7-3-2-4-8-17)28-23(30)19(33-24(28)32)15-18-21(26-11-13-31-14-12-26)25-20-9-5-6-10-27(20)22(18)29/h2-10,15-16H,11-14H2,1H3/b19-15+. The fourth-order valence-corrected chi connectivity index (χ4v) is 5.46. The number of ether oxygens (including phenoxy) is 1. The number of pyridine rings is 1. The molecule has 0 N–H and O–H groups in total. The summed E-state index contributed by atoms with van der Waals surface area (Å²) < 4.78 is 7.45. The number of fused-ring (bicyclic) bond motifs is 1. The van der Waals surface area contributed by atoms with E-state index in [2.05, 4.69) is 0 Å². The average molecular weight is 479 g/mol. The molecule has 2 fully saturated rings. The molecule has 0 spiro atoms. The second kappa shape index (κ2) is 9.09. The molecule has 0 saturated carbocycles. The van der Waals surface area contributed by atoms with E-state index >= 15 is 0 Å². The zero-order valence-corrected chi connectivity index (χ0v) is 19.6. The van der Waals surface area contributed by atoms with Crippen LogP contribution in [0.1, 0.15) is 24.1 Å². The van der Waals surface area contributed by atoms with Crippen molar-refractivity contribution in [2.45, 2.75) is 13.0 Å². The number of thioether (sulfide) groups is 1. The predicted molar refractivity (Wildman–Crippen MR) is 134 cm³/mol. The molecule has 0 bridgehead atoms. The van der Waals surface area contributed by atoms with Crippen LogP contribution in [0.2, 0.25) is 0 Å². The molecular weight excluding hydrogens is 456 g/mol. The summed E-state index contributed by atoms with van der Waals surface area (Å²) in [6.07, 6.45) is 3.34. The molecule has 4 heterocycles. The molecule has 5 rings (SSSR count). The molecule has 1 unspecified atom stereocenters. The van der Waals surface area contributed by atoms with E-state index in [4.69, 9.17) is 21.9 Å². The topological polar surface area (TPSA) is 67.2 Å². The summed E-state index contributed by atoms with van der Waals surface area (Å²) in [5, 5.41) is 0. The van der Waals surface area contributed by atoms with Crippen LogP contribution >= 0.6 is 24.0 Å². The van der Waals surface area contributed by atoms with Crippen LogP contribution in [-0.2, 0) is 9.53 Å². The van der Waals surface area contributed by atoms with Crippen LogP contribution in [0.5, 0.6) is 0 Å². The van der Waals surface area contributed by atoms with Gasteiger partial charge < -0.3 is 9.64 Å². The van der Waals surface area contributed by atoms with E-state index in [1.54, 1.807) is 29.3 Å². The molecule has 1 amide bonds. The number of amides is 1. The third kappa shape index (κ3) is 4.07. The van der Waals surface area contributed by atoms with Gasteiger partial charge in [0, 0.05) is 19.3 Å². The van der Waals surface area contributed by atoms with E-state index in [0.29, 0.717) is 52.6 Å². The quantitative estimate of drug-likeness (QED) is 0.420. The van der Waals surface area contributed by atoms with E-state index in [1.165, 1.54) is 16.2 Å². The highest BCUT2D eigenvalue weighted by molar-refractivity contribution is 8.26. The lowest BCUT2D eigenvalue weighted by molar-refractivity contribution is -0.123. The highest BCUT2D eigenvalue weighted by Crippen LogP contribution is 2.38. The first-order valence-electron chi connectivity index (χ1n) is 10.7. The Kier molecular flexibility index (Phi) is 6.01. The maximum Gasteiger partial charge on any atom is 0.267 e. The molecule has 1 atom stereocenters. The van der Waals surface area contributed by atoms with Crippen molar-refractivity contribution in [3.63, 3.8) is 0 Å². The van der Waals surface area contributed by atoms with Crippen molar-refractivity contribution in [1.82, 2.24) is 14.3 Å². The summed E-state index contributed by atoms with van der Waals surface area (Å²) in [5.74, 6) is 0.364. The summed E-state index contributed by atoms with van der Waals surface area (Å²) in [7, 11) is 0. The largest absolute Gasteiger partial charge is 0.378 e. The zero-order valence-electron chi connectivity index (χ0n) is 18.0. The number of aromatic nitrogens is 2. The first kappa shape index (κ1) is 21.8. The highest BCUT2D eigenvalue weighted by Gasteiger charge is 2.36. The molecule has 1 aromatic carbocycles. The van der Waals surface area contributed by atoms with Gasteiger partial charge in [-0.3, -0.25) is 18.9 Å². The van der Waals surface area contributed by atoms with Crippen LogP contribution in [0.15, 0.2) is 64.4 Å². The number of thiocarbonyl (C=S) groups is 1. The third-order valence-corrected chi connectivity index (χ3v) is 7.16. The number of hydrogen-bond acceptors (Lipinski definition) is 7. The fourth-order valence-electron chi connectivity index (χ4n) is 4.06. The Bertz CT molecular complexity index is 1320. The first-order chi connectivity index (χ1) is 16.0. The Balaban J connectivity index is 1.58. The van der Waals surface area contributed by atoms with Crippen LogP contribution in [0.4, 0.5) is 5.82 Å². The van der Waals surface area contributed by atoms with Gasteiger partial charge in [0.25, 0.3) is 11.5 Å². The SMILES string of the molecule is CC(c1ccccc1)N1C(=O)/C(=C\c2c(N3CCOCC3)nc3ccccn3c2=O)SC1=S. The van der Waals surface area contributed by atoms with E-state index < -0.39 is 0 Å². The van der Waals surface area contributed by atoms with Crippen LogP contribution in [0.3, 0.4) is 0 Å². The van der Waals surface area contributed by atoms with E-state index in [0.717, 1.165) is 5.56 Å². The Morgan fingerprint density at radius 2 is 1.82 bits per heavy atom. The summed E-state index contributed by atoms with van der Waals surface area (Å²) in [5.41, 5.74) is 1.72. The Labute approximate surface area is 200 Å². The molecule has 0 aliphatic carbocycles.